The van der Waals surface area contributed by atoms with Crippen molar-refractivity contribution in [2.45, 2.75) is 39.8 Å². The third kappa shape index (κ3) is 6.11. The minimum Gasteiger partial charge on any atom is -0.473 e. The van der Waals surface area contributed by atoms with Crippen LogP contribution in [0.3, 0.4) is 0 Å². The van der Waals surface area contributed by atoms with Crippen molar-refractivity contribution in [2.75, 3.05) is 18.0 Å². The summed E-state index contributed by atoms with van der Waals surface area (Å²) in [6.45, 7) is 16.4. The lowest BCUT2D eigenvalue weighted by Gasteiger charge is -2.57. The van der Waals surface area contributed by atoms with Crippen LogP contribution < -0.4 is 9.84 Å². The molecular weight excluding hydrogens is 607 g/mol. The Morgan fingerprint density at radius 3 is 2.25 bits per heavy atom. The molecule has 1 unspecified atom stereocenters. The first-order valence-electron chi connectivity index (χ1n) is 16.5. The number of fused-ring (bicyclic) bond motifs is 3. The summed E-state index contributed by atoms with van der Waals surface area (Å²) in [5, 5.41) is 4.75. The van der Waals surface area contributed by atoms with E-state index in [0.717, 1.165) is 74.3 Å². The molecule has 3 heterocycles. The van der Waals surface area contributed by atoms with E-state index in [-0.39, 0.29) is 10.6 Å². The van der Waals surface area contributed by atoms with Gasteiger partial charge in [-0.1, -0.05) is 125 Å². The molecule has 1 fully saturated rings. The number of anilines is 1. The lowest BCUT2D eigenvalue weighted by molar-refractivity contribution is 0.253. The van der Waals surface area contributed by atoms with Crippen LogP contribution in [0.25, 0.3) is 33.9 Å². The van der Waals surface area contributed by atoms with E-state index >= 15 is 0 Å². The summed E-state index contributed by atoms with van der Waals surface area (Å²) in [7, 11) is -0.657. The van der Waals surface area contributed by atoms with E-state index < -0.39 is 8.15 Å². The molecule has 2 aliphatic heterocycles. The molecule has 1 atom stereocenters. The van der Waals surface area contributed by atoms with Crippen LogP contribution in [0.2, 0.25) is 0 Å². The number of nitrogens with zero attached hydrogens (tertiary/aromatic N) is 3. The molecule has 4 aromatic carbocycles. The highest BCUT2D eigenvalue weighted by Crippen LogP contribution is 2.70. The van der Waals surface area contributed by atoms with Crippen molar-refractivity contribution >= 4 is 48.1 Å². The molecule has 1 aromatic heterocycles. The second-order valence-electron chi connectivity index (χ2n) is 13.7. The van der Waals surface area contributed by atoms with E-state index in [4.69, 9.17) is 19.5 Å². The van der Waals surface area contributed by atoms with Gasteiger partial charge in [0.2, 0.25) is 0 Å². The summed E-state index contributed by atoms with van der Waals surface area (Å²) in [6, 6.07) is 35.1. The quantitative estimate of drug-likeness (QED) is 0.109. The molecule has 0 aliphatic carbocycles. The van der Waals surface area contributed by atoms with Crippen LogP contribution in [0.5, 0.6) is 5.75 Å². The fourth-order valence-electron chi connectivity index (χ4n) is 6.10. The highest BCUT2D eigenvalue weighted by molar-refractivity contribution is 7.56. The Morgan fingerprint density at radius 1 is 0.833 bits per heavy atom. The summed E-state index contributed by atoms with van der Waals surface area (Å²) in [5.74, 6) is 1.45. The van der Waals surface area contributed by atoms with E-state index in [9.17, 15) is 0 Å². The summed E-state index contributed by atoms with van der Waals surface area (Å²) in [4.78, 5) is 15.3. The fourth-order valence-corrected chi connectivity index (χ4v) is 8.75. The minimum atomic E-state index is -0.657. The first kappa shape index (κ1) is 31.7. The van der Waals surface area contributed by atoms with Crippen molar-refractivity contribution in [3.8, 4) is 17.0 Å². The van der Waals surface area contributed by atoms with Gasteiger partial charge in [-0.2, -0.15) is 0 Å². The largest absolute Gasteiger partial charge is 0.473 e. The average Bonchev–Trinajstić information content (AvgIpc) is 3.11. The first-order valence-corrected chi connectivity index (χ1v) is 17.9. The number of aromatic nitrogens is 1. The molecule has 1 N–H and O–H groups in total. The zero-order chi connectivity index (χ0) is 33.5. The van der Waals surface area contributed by atoms with Crippen molar-refractivity contribution in [2.24, 2.45) is 15.4 Å². The highest BCUT2D eigenvalue weighted by atomic mass is 31.1. The molecule has 0 amide bonds. The van der Waals surface area contributed by atoms with E-state index in [1.165, 1.54) is 0 Å². The topological polar surface area (TPSA) is 58.9 Å². The van der Waals surface area contributed by atoms with Gasteiger partial charge in [-0.15, -0.1) is 0 Å². The van der Waals surface area contributed by atoms with Crippen molar-refractivity contribution < 1.29 is 4.52 Å². The highest BCUT2D eigenvalue weighted by Gasteiger charge is 2.56. The molecule has 6 heteroatoms. The maximum absolute atomic E-state index is 6.86. The van der Waals surface area contributed by atoms with Gasteiger partial charge < -0.3 is 9.84 Å². The van der Waals surface area contributed by atoms with Crippen LogP contribution in [0, 0.1) is 5.41 Å². The summed E-state index contributed by atoms with van der Waals surface area (Å²) < 4.78 is 6.86. The maximum atomic E-state index is 6.86. The Bertz CT molecular complexity index is 2110. The van der Waals surface area contributed by atoms with Crippen LogP contribution in [-0.2, 0) is 0 Å². The van der Waals surface area contributed by atoms with E-state index in [2.05, 4.69) is 94.2 Å². The van der Waals surface area contributed by atoms with Gasteiger partial charge in [-0.05, 0) is 47.7 Å². The van der Waals surface area contributed by atoms with Crippen LogP contribution >= 0.6 is 8.15 Å². The van der Waals surface area contributed by atoms with Crippen LogP contribution in [0.1, 0.15) is 56.9 Å². The van der Waals surface area contributed by atoms with E-state index in [0.29, 0.717) is 11.5 Å². The van der Waals surface area contributed by atoms with Crippen LogP contribution in [0.4, 0.5) is 5.69 Å². The number of hydrogen-bond donors (Lipinski definition) is 1. The summed E-state index contributed by atoms with van der Waals surface area (Å²) in [5.41, 5.74) is 9.64. The third-order valence-electron chi connectivity index (χ3n) is 9.90. The molecule has 1 saturated heterocycles. The second-order valence-corrected chi connectivity index (χ2v) is 16.1. The van der Waals surface area contributed by atoms with Gasteiger partial charge >= 0.3 is 0 Å². The SMILES string of the molecule is C=C(/N=C(\N=C(/C)c1cc(OP2CC(C)(C)C2(C)C)cc(-c2ccc3ccc4c(c3n2)NCC=C4)c1)c1ccccc1)c1ccccc1. The number of amidine groups is 1. The summed E-state index contributed by atoms with van der Waals surface area (Å²) >= 11 is 0. The number of pyridine rings is 1. The average molecular weight is 649 g/mol. The number of rotatable bonds is 7. The van der Waals surface area contributed by atoms with Crippen LogP contribution in [0.15, 0.2) is 126 Å². The molecule has 0 bridgehead atoms. The number of hydrogen-bond acceptors (Lipinski definition) is 4. The lowest BCUT2D eigenvalue weighted by Crippen LogP contribution is -2.51. The number of aliphatic imine (C=N–C) groups is 2. The maximum Gasteiger partial charge on any atom is 0.160 e. The number of benzene rings is 4. The Hall–Kier alpha value is -4.86. The second kappa shape index (κ2) is 12.6. The van der Waals surface area contributed by atoms with Gasteiger partial charge in [0.05, 0.1) is 30.7 Å². The number of nitrogens with one attached hydrogen (secondary N) is 1. The molecule has 0 radical (unpaired) electrons. The predicted octanol–water partition coefficient (Wildman–Crippen LogP) is 10.9. The monoisotopic (exact) mass is 648 g/mol. The van der Waals surface area contributed by atoms with Crippen molar-refractivity contribution in [1.29, 1.82) is 0 Å². The van der Waals surface area contributed by atoms with Crippen molar-refractivity contribution in [3.05, 3.63) is 138 Å². The molecule has 48 heavy (non-hydrogen) atoms. The van der Waals surface area contributed by atoms with Gasteiger partial charge in [0.1, 0.15) is 5.75 Å². The molecular formula is C42H41N4OP. The molecule has 0 spiro atoms. The molecule has 0 saturated carbocycles. The minimum absolute atomic E-state index is 0.103. The predicted molar refractivity (Wildman–Crippen MR) is 206 cm³/mol. The van der Waals surface area contributed by atoms with Gasteiger partial charge in [0, 0.05) is 45.7 Å². The Morgan fingerprint density at radius 2 is 1.54 bits per heavy atom. The molecule has 5 nitrogen and oxygen atoms in total. The van der Waals surface area contributed by atoms with Gasteiger partial charge in [0.15, 0.2) is 5.84 Å². The molecule has 240 valence electrons. The van der Waals surface area contributed by atoms with Gasteiger partial charge in [-0.3, -0.25) is 0 Å². The van der Waals surface area contributed by atoms with Gasteiger partial charge in [0.25, 0.3) is 0 Å². The molecule has 7 rings (SSSR count). The Balaban J connectivity index is 1.33. The zero-order valence-electron chi connectivity index (χ0n) is 28.3. The van der Waals surface area contributed by atoms with E-state index in [1.807, 2.05) is 67.6 Å². The third-order valence-corrected chi connectivity index (χ3v) is 13.3. The lowest BCUT2D eigenvalue weighted by atomic mass is 9.81. The van der Waals surface area contributed by atoms with Crippen molar-refractivity contribution in [1.82, 2.24) is 4.98 Å². The molecule has 5 aromatic rings. The molecule has 2 aliphatic rings. The zero-order valence-corrected chi connectivity index (χ0v) is 29.2. The van der Waals surface area contributed by atoms with E-state index in [1.54, 1.807) is 0 Å². The Kier molecular flexibility index (Phi) is 8.35. The first-order chi connectivity index (χ1) is 23.1. The fraction of sp³-hybridized carbons (Fsp3) is 0.214. The van der Waals surface area contributed by atoms with Crippen molar-refractivity contribution in [3.63, 3.8) is 0 Å². The summed E-state index contributed by atoms with van der Waals surface area (Å²) in [6.07, 6.45) is 5.36. The normalized spacial score (nSPS) is 18.1. The smallest absolute Gasteiger partial charge is 0.160 e. The van der Waals surface area contributed by atoms with Gasteiger partial charge in [-0.25, -0.2) is 15.0 Å². The Labute approximate surface area is 285 Å². The van der Waals surface area contributed by atoms with Crippen LogP contribution in [-0.4, -0.2) is 34.4 Å². The standard InChI is InChI=1S/C42H41N4OP/c1-28(30-14-9-7-10-15-30)44-40(33-16-11-8-12-17-33)45-29(2)34-24-35(26-36(25-34)47-48-27-41(3,4)42(48,5)6)37-22-21-32-20-19-31-18-13-23-43-38(31)39(32)46-37/h7-22,24-26,43H,1,23,27H2,2-6H3/b44-40-,45-29+.